The van der Waals surface area contributed by atoms with Gasteiger partial charge in [0, 0.05) is 37.8 Å². The van der Waals surface area contributed by atoms with Crippen LogP contribution < -0.4 is 10.5 Å². The van der Waals surface area contributed by atoms with Crippen LogP contribution in [0.2, 0.25) is 5.02 Å². The van der Waals surface area contributed by atoms with Crippen LogP contribution in [0, 0.1) is 0 Å². The van der Waals surface area contributed by atoms with Gasteiger partial charge in [-0.25, -0.2) is 4.68 Å². The Kier molecular flexibility index (Phi) is 5.62. The fourth-order valence-corrected chi connectivity index (χ4v) is 3.71. The number of hydrogen-bond acceptors (Lipinski definition) is 4. The maximum atomic E-state index is 12.8. The van der Waals surface area contributed by atoms with Gasteiger partial charge < -0.3 is 9.80 Å². The Morgan fingerprint density at radius 1 is 0.897 bits per heavy atom. The molecule has 0 N–H and O–H groups in total. The van der Waals surface area contributed by atoms with Gasteiger partial charge in [-0.2, -0.15) is 5.10 Å². The number of carbonyl (C=O) groups excluding carboxylic acids is 1. The van der Waals surface area contributed by atoms with Gasteiger partial charge in [0.2, 0.25) is 5.91 Å². The molecule has 0 radical (unpaired) electrons. The SMILES string of the molecule is O=C(Cn1nc(-c2ccccc2)ccc1=O)N1CCN(c2ccccc2Cl)CC1. The van der Waals surface area contributed by atoms with Gasteiger partial charge in [0.15, 0.2) is 0 Å². The Morgan fingerprint density at radius 3 is 2.31 bits per heavy atom. The monoisotopic (exact) mass is 408 g/mol. The average molecular weight is 409 g/mol. The van der Waals surface area contributed by atoms with Crippen LogP contribution in [0.15, 0.2) is 71.5 Å². The van der Waals surface area contributed by atoms with Crippen molar-refractivity contribution in [3.05, 3.63) is 82.1 Å². The molecule has 6 nitrogen and oxygen atoms in total. The number of piperazine rings is 1. The van der Waals surface area contributed by atoms with Crippen LogP contribution in [0.4, 0.5) is 5.69 Å². The minimum Gasteiger partial charge on any atom is -0.367 e. The minimum absolute atomic E-state index is 0.0639. The number of carbonyl (C=O) groups is 1. The summed E-state index contributed by atoms with van der Waals surface area (Å²) >= 11 is 6.28. The van der Waals surface area contributed by atoms with E-state index in [1.165, 1.54) is 10.7 Å². The van der Waals surface area contributed by atoms with Crippen molar-refractivity contribution in [1.82, 2.24) is 14.7 Å². The van der Waals surface area contributed by atoms with E-state index in [-0.39, 0.29) is 18.0 Å². The number of nitrogens with zero attached hydrogens (tertiary/aromatic N) is 4. The lowest BCUT2D eigenvalue weighted by atomic mass is 10.1. The fourth-order valence-electron chi connectivity index (χ4n) is 3.46. The zero-order valence-electron chi connectivity index (χ0n) is 15.9. The van der Waals surface area contributed by atoms with Gasteiger partial charge in [-0.1, -0.05) is 54.1 Å². The molecular formula is C22H21ClN4O2. The smallest absolute Gasteiger partial charge is 0.267 e. The van der Waals surface area contributed by atoms with E-state index in [1.54, 1.807) is 11.0 Å². The van der Waals surface area contributed by atoms with Crippen LogP contribution in [0.1, 0.15) is 0 Å². The second-order valence-corrected chi connectivity index (χ2v) is 7.31. The summed E-state index contributed by atoms with van der Waals surface area (Å²) in [5, 5.41) is 5.09. The molecule has 1 amide bonds. The largest absolute Gasteiger partial charge is 0.367 e. The predicted octanol–water partition coefficient (Wildman–Crippen LogP) is 2.91. The number of aromatic nitrogens is 2. The van der Waals surface area contributed by atoms with E-state index < -0.39 is 0 Å². The first-order valence-electron chi connectivity index (χ1n) is 9.53. The summed E-state index contributed by atoms with van der Waals surface area (Å²) in [6, 6.07) is 20.4. The van der Waals surface area contributed by atoms with E-state index in [4.69, 9.17) is 11.6 Å². The van der Waals surface area contributed by atoms with Crippen molar-refractivity contribution in [2.45, 2.75) is 6.54 Å². The van der Waals surface area contributed by atoms with Gasteiger partial charge >= 0.3 is 0 Å². The highest BCUT2D eigenvalue weighted by molar-refractivity contribution is 6.33. The molecule has 0 bridgehead atoms. The Morgan fingerprint density at radius 2 is 1.59 bits per heavy atom. The number of benzene rings is 2. The number of rotatable bonds is 4. The number of amides is 1. The molecule has 4 rings (SSSR count). The quantitative estimate of drug-likeness (QED) is 0.666. The molecule has 1 saturated heterocycles. The summed E-state index contributed by atoms with van der Waals surface area (Å²) in [4.78, 5) is 28.9. The van der Waals surface area contributed by atoms with Crippen LogP contribution in [0.25, 0.3) is 11.3 Å². The van der Waals surface area contributed by atoms with Gasteiger partial charge in [0.05, 0.1) is 16.4 Å². The molecule has 0 atom stereocenters. The summed E-state index contributed by atoms with van der Waals surface area (Å²) in [6.45, 7) is 2.49. The lowest BCUT2D eigenvalue weighted by Gasteiger charge is -2.36. The molecular weight excluding hydrogens is 388 g/mol. The second kappa shape index (κ2) is 8.49. The molecule has 2 aromatic carbocycles. The van der Waals surface area contributed by atoms with Gasteiger partial charge in [0.1, 0.15) is 6.54 Å². The molecule has 7 heteroatoms. The number of hydrogen-bond donors (Lipinski definition) is 0. The van der Waals surface area contributed by atoms with Gasteiger partial charge in [-0.3, -0.25) is 9.59 Å². The standard InChI is InChI=1S/C22H21ClN4O2/c23-18-8-4-5-9-20(18)25-12-14-26(15-13-25)22(29)16-27-21(28)11-10-19(24-27)17-6-2-1-3-7-17/h1-11H,12-16H2. The molecule has 0 unspecified atom stereocenters. The van der Waals surface area contributed by atoms with E-state index in [0.717, 1.165) is 11.3 Å². The lowest BCUT2D eigenvalue weighted by Crippen LogP contribution is -2.50. The molecule has 2 heterocycles. The lowest BCUT2D eigenvalue weighted by molar-refractivity contribution is -0.132. The predicted molar refractivity (Wildman–Crippen MR) is 114 cm³/mol. The maximum absolute atomic E-state index is 12.8. The normalized spacial score (nSPS) is 14.1. The van der Waals surface area contributed by atoms with E-state index in [0.29, 0.717) is 36.9 Å². The molecule has 1 aliphatic heterocycles. The zero-order chi connectivity index (χ0) is 20.2. The molecule has 1 fully saturated rings. The first-order chi connectivity index (χ1) is 14.1. The van der Waals surface area contributed by atoms with Crippen LogP contribution in [0.5, 0.6) is 0 Å². The van der Waals surface area contributed by atoms with Crippen molar-refractivity contribution in [2.24, 2.45) is 0 Å². The Hall–Kier alpha value is -3.12. The average Bonchev–Trinajstić information content (AvgIpc) is 2.76. The number of halogens is 1. The highest BCUT2D eigenvalue weighted by atomic mass is 35.5. The maximum Gasteiger partial charge on any atom is 0.267 e. The van der Waals surface area contributed by atoms with Gasteiger partial charge in [-0.05, 0) is 18.2 Å². The second-order valence-electron chi connectivity index (χ2n) is 6.90. The topological polar surface area (TPSA) is 58.4 Å². The molecule has 148 valence electrons. The Bertz CT molecular complexity index is 1060. The van der Waals surface area contributed by atoms with Crippen LogP contribution in [-0.2, 0) is 11.3 Å². The molecule has 29 heavy (non-hydrogen) atoms. The molecule has 0 saturated carbocycles. The molecule has 1 aliphatic rings. The first-order valence-corrected chi connectivity index (χ1v) is 9.90. The number of para-hydroxylation sites is 1. The van der Waals surface area contributed by atoms with E-state index in [1.807, 2.05) is 54.6 Å². The summed E-state index contributed by atoms with van der Waals surface area (Å²) in [7, 11) is 0. The van der Waals surface area contributed by atoms with Crippen LogP contribution in [0.3, 0.4) is 0 Å². The van der Waals surface area contributed by atoms with Crippen molar-refractivity contribution in [2.75, 3.05) is 31.1 Å². The van der Waals surface area contributed by atoms with Crippen LogP contribution >= 0.6 is 11.6 Å². The van der Waals surface area contributed by atoms with Crippen molar-refractivity contribution in [3.63, 3.8) is 0 Å². The number of anilines is 1. The van der Waals surface area contributed by atoms with Crippen LogP contribution in [-0.4, -0.2) is 46.8 Å². The zero-order valence-corrected chi connectivity index (χ0v) is 16.6. The summed E-state index contributed by atoms with van der Waals surface area (Å²) in [6.07, 6.45) is 0. The van der Waals surface area contributed by atoms with E-state index in [9.17, 15) is 9.59 Å². The first kappa shape index (κ1) is 19.2. The molecule has 1 aromatic heterocycles. The van der Waals surface area contributed by atoms with E-state index in [2.05, 4.69) is 10.00 Å². The summed E-state index contributed by atoms with van der Waals surface area (Å²) < 4.78 is 1.24. The fraction of sp³-hybridized carbons (Fsp3) is 0.227. The van der Waals surface area contributed by atoms with Crippen molar-refractivity contribution in [3.8, 4) is 11.3 Å². The third-order valence-corrected chi connectivity index (χ3v) is 5.37. The Balaban J connectivity index is 1.43. The third kappa shape index (κ3) is 4.32. The molecule has 3 aromatic rings. The van der Waals surface area contributed by atoms with Gasteiger partial charge in [0.25, 0.3) is 5.56 Å². The third-order valence-electron chi connectivity index (χ3n) is 5.05. The molecule has 0 aliphatic carbocycles. The molecule has 0 spiro atoms. The van der Waals surface area contributed by atoms with Crippen molar-refractivity contribution in [1.29, 1.82) is 0 Å². The summed E-state index contributed by atoms with van der Waals surface area (Å²) in [5.74, 6) is -0.108. The highest BCUT2D eigenvalue weighted by Gasteiger charge is 2.23. The van der Waals surface area contributed by atoms with Crippen molar-refractivity contribution >= 4 is 23.2 Å². The Labute approximate surface area is 173 Å². The minimum atomic E-state index is -0.285. The highest BCUT2D eigenvalue weighted by Crippen LogP contribution is 2.26. The van der Waals surface area contributed by atoms with Gasteiger partial charge in [-0.15, -0.1) is 0 Å². The summed E-state index contributed by atoms with van der Waals surface area (Å²) in [5.41, 5.74) is 2.27. The van der Waals surface area contributed by atoms with Crippen molar-refractivity contribution < 1.29 is 4.79 Å². The van der Waals surface area contributed by atoms with E-state index >= 15 is 0 Å².